The number of nitrogens with two attached hydrogens (primary N) is 1. The molecule has 0 spiro atoms. The Balaban J connectivity index is 1.80. The highest BCUT2D eigenvalue weighted by atomic mass is 19.1. The first-order valence-corrected chi connectivity index (χ1v) is 10.2. The Bertz CT molecular complexity index is 1260. The summed E-state index contributed by atoms with van der Waals surface area (Å²) in [5, 5.41) is 7.33. The van der Waals surface area contributed by atoms with Crippen LogP contribution in [0, 0.1) is 5.82 Å². The molecule has 0 atom stereocenters. The van der Waals surface area contributed by atoms with Crippen molar-refractivity contribution in [1.82, 2.24) is 20.0 Å². The maximum Gasteiger partial charge on any atom is 0.257 e. The molecule has 4 rings (SSSR count). The molecule has 0 saturated heterocycles. The fraction of sp³-hybridized carbons (Fsp3) is 0.217. The van der Waals surface area contributed by atoms with Crippen molar-refractivity contribution in [2.75, 3.05) is 12.3 Å². The zero-order valence-corrected chi connectivity index (χ0v) is 17.2. The van der Waals surface area contributed by atoms with Crippen molar-refractivity contribution >= 4 is 40.1 Å². The highest BCUT2D eigenvalue weighted by molar-refractivity contribution is 6.10. The van der Waals surface area contributed by atoms with E-state index in [1.165, 1.54) is 23.0 Å². The first-order chi connectivity index (χ1) is 15.1. The molecule has 7 nitrogen and oxygen atoms in total. The number of hydrogen-bond acceptors (Lipinski definition) is 5. The molecule has 3 N–H and O–H groups in total. The van der Waals surface area contributed by atoms with E-state index in [1.807, 2.05) is 24.3 Å². The molecular formula is C23H23FN6O. The summed E-state index contributed by atoms with van der Waals surface area (Å²) in [6.45, 7) is 2.66. The molecule has 2 aromatic carbocycles. The Hall–Kier alpha value is -3.81. The summed E-state index contributed by atoms with van der Waals surface area (Å²) in [6.07, 6.45) is 4.52. The largest absolute Gasteiger partial charge is 0.383 e. The summed E-state index contributed by atoms with van der Waals surface area (Å²) in [5.74, 6) is -0.488. The molecule has 0 aliphatic carbocycles. The van der Waals surface area contributed by atoms with Gasteiger partial charge in [0.25, 0.3) is 5.91 Å². The predicted molar refractivity (Wildman–Crippen MR) is 121 cm³/mol. The number of hydrogen-bond donors (Lipinski definition) is 2. The number of carbonyl (C=O) groups is 1. The van der Waals surface area contributed by atoms with Gasteiger partial charge in [-0.25, -0.2) is 14.4 Å². The zero-order chi connectivity index (χ0) is 21.8. The molecule has 0 aliphatic heterocycles. The van der Waals surface area contributed by atoms with Crippen LogP contribution in [0.25, 0.3) is 22.2 Å². The lowest BCUT2D eigenvalue weighted by Crippen LogP contribution is -2.25. The molecule has 0 bridgehead atoms. The molecule has 0 saturated carbocycles. The van der Waals surface area contributed by atoms with Gasteiger partial charge in [0.15, 0.2) is 5.65 Å². The molecule has 2 heterocycles. The first-order valence-electron chi connectivity index (χ1n) is 10.2. The lowest BCUT2D eigenvalue weighted by Gasteiger charge is -2.04. The van der Waals surface area contributed by atoms with E-state index in [0.717, 1.165) is 19.3 Å². The molecule has 4 aromatic rings. The highest BCUT2D eigenvalue weighted by Gasteiger charge is 2.23. The minimum Gasteiger partial charge on any atom is -0.383 e. The van der Waals surface area contributed by atoms with Gasteiger partial charge in [0.05, 0.1) is 17.2 Å². The average Bonchev–Trinajstić information content (AvgIpc) is 3.05. The second-order valence-corrected chi connectivity index (χ2v) is 7.22. The molecule has 2 aromatic heterocycles. The van der Waals surface area contributed by atoms with Gasteiger partial charge in [-0.05, 0) is 36.2 Å². The van der Waals surface area contributed by atoms with Crippen LogP contribution in [0.1, 0.15) is 42.1 Å². The van der Waals surface area contributed by atoms with Crippen LogP contribution in [-0.2, 0) is 0 Å². The van der Waals surface area contributed by atoms with Gasteiger partial charge in [-0.15, -0.1) is 0 Å². The number of fused-ring (bicyclic) bond motifs is 2. The Labute approximate surface area is 178 Å². The average molecular weight is 418 g/mol. The number of amides is 1. The third-order valence-corrected chi connectivity index (χ3v) is 4.96. The minimum atomic E-state index is -0.331. The molecule has 8 heteroatoms. The van der Waals surface area contributed by atoms with Crippen molar-refractivity contribution in [2.45, 2.75) is 26.2 Å². The number of unbranched alkanes of at least 4 members (excludes halogenated alkanes) is 2. The highest BCUT2D eigenvalue weighted by Crippen LogP contribution is 2.27. The zero-order valence-electron chi connectivity index (χ0n) is 17.2. The fourth-order valence-electron chi connectivity index (χ4n) is 3.33. The Morgan fingerprint density at radius 1 is 1.13 bits per heavy atom. The van der Waals surface area contributed by atoms with E-state index >= 15 is 0 Å². The van der Waals surface area contributed by atoms with Gasteiger partial charge < -0.3 is 11.1 Å². The Morgan fingerprint density at radius 3 is 2.55 bits per heavy atom. The lowest BCUT2D eigenvalue weighted by atomic mass is 10.2. The number of benzene rings is 2. The quantitative estimate of drug-likeness (QED) is 0.349. The van der Waals surface area contributed by atoms with Crippen LogP contribution in [-0.4, -0.2) is 33.3 Å². The van der Waals surface area contributed by atoms with Crippen molar-refractivity contribution in [3.63, 3.8) is 0 Å². The van der Waals surface area contributed by atoms with Crippen molar-refractivity contribution in [2.24, 2.45) is 5.10 Å². The second-order valence-electron chi connectivity index (χ2n) is 7.22. The number of para-hydroxylation sites is 2. The smallest absolute Gasteiger partial charge is 0.257 e. The number of anilines is 1. The summed E-state index contributed by atoms with van der Waals surface area (Å²) >= 11 is 0. The Morgan fingerprint density at radius 2 is 1.84 bits per heavy atom. The van der Waals surface area contributed by atoms with E-state index in [2.05, 4.69) is 27.3 Å². The summed E-state index contributed by atoms with van der Waals surface area (Å²) in [5.41, 5.74) is 9.38. The van der Waals surface area contributed by atoms with Crippen LogP contribution >= 0.6 is 0 Å². The number of nitrogens with zero attached hydrogens (tertiary/aromatic N) is 4. The molecular weight excluding hydrogens is 395 g/mol. The number of carbonyl (C=O) groups excluding carboxylic acids is 1. The molecule has 158 valence electrons. The summed E-state index contributed by atoms with van der Waals surface area (Å²) in [4.78, 5) is 22.2. The third-order valence-electron chi connectivity index (χ3n) is 4.96. The summed E-state index contributed by atoms with van der Waals surface area (Å²) < 4.78 is 14.6. The van der Waals surface area contributed by atoms with Crippen LogP contribution in [0.2, 0.25) is 0 Å². The summed E-state index contributed by atoms with van der Waals surface area (Å²) in [6, 6.07) is 13.3. The monoisotopic (exact) mass is 418 g/mol. The standard InChI is InChI=1S/C23H23FN6O/c1-2-3-6-13-26-23(31)19-20-22(29-18-8-5-4-7-17(18)28-20)30(21(19)25)27-14-15-9-11-16(24)12-10-15/h4-5,7-12,14H,2-3,6,13,25H2,1H3,(H,26,31)/b27-14-. The van der Waals surface area contributed by atoms with Crippen LogP contribution in [0.4, 0.5) is 10.2 Å². The van der Waals surface area contributed by atoms with Gasteiger partial charge in [0, 0.05) is 6.54 Å². The van der Waals surface area contributed by atoms with E-state index in [0.29, 0.717) is 34.3 Å². The van der Waals surface area contributed by atoms with Gasteiger partial charge in [-0.1, -0.05) is 44.0 Å². The van der Waals surface area contributed by atoms with E-state index in [9.17, 15) is 9.18 Å². The second kappa shape index (κ2) is 8.91. The number of nitrogen functional groups attached to an aromatic ring is 1. The number of nitrogens with one attached hydrogen (secondary N) is 1. The van der Waals surface area contributed by atoms with Crippen LogP contribution in [0.5, 0.6) is 0 Å². The fourth-order valence-corrected chi connectivity index (χ4v) is 3.33. The van der Waals surface area contributed by atoms with E-state index in [-0.39, 0.29) is 23.1 Å². The SMILES string of the molecule is CCCCCNC(=O)c1c(N)n(/N=C\c2ccc(F)cc2)c2nc3ccccc3nc12. The van der Waals surface area contributed by atoms with Gasteiger partial charge in [-0.3, -0.25) is 4.79 Å². The third kappa shape index (κ3) is 4.23. The molecule has 0 fully saturated rings. The van der Waals surface area contributed by atoms with Gasteiger partial charge in [-0.2, -0.15) is 9.78 Å². The molecule has 0 unspecified atom stereocenters. The van der Waals surface area contributed by atoms with Crippen molar-refractivity contribution in [1.29, 1.82) is 0 Å². The van der Waals surface area contributed by atoms with Crippen molar-refractivity contribution in [3.8, 4) is 0 Å². The number of halogens is 1. The molecule has 31 heavy (non-hydrogen) atoms. The normalized spacial score (nSPS) is 11.5. The van der Waals surface area contributed by atoms with Crippen LogP contribution in [0.15, 0.2) is 53.6 Å². The van der Waals surface area contributed by atoms with E-state index in [4.69, 9.17) is 5.73 Å². The van der Waals surface area contributed by atoms with Gasteiger partial charge in [0.1, 0.15) is 22.7 Å². The Kier molecular flexibility index (Phi) is 5.88. The number of aromatic nitrogens is 3. The molecule has 1 amide bonds. The predicted octanol–water partition coefficient (Wildman–Crippen LogP) is 4.11. The maximum absolute atomic E-state index is 13.2. The van der Waals surface area contributed by atoms with Crippen molar-refractivity contribution < 1.29 is 9.18 Å². The summed E-state index contributed by atoms with van der Waals surface area (Å²) in [7, 11) is 0. The lowest BCUT2D eigenvalue weighted by molar-refractivity contribution is 0.0955. The van der Waals surface area contributed by atoms with Crippen LogP contribution in [0.3, 0.4) is 0 Å². The topological polar surface area (TPSA) is 98.2 Å². The first kappa shape index (κ1) is 20.5. The number of rotatable bonds is 7. The maximum atomic E-state index is 13.2. The van der Waals surface area contributed by atoms with Crippen molar-refractivity contribution in [3.05, 3.63) is 65.5 Å². The van der Waals surface area contributed by atoms with Crippen LogP contribution < -0.4 is 11.1 Å². The molecule has 0 aliphatic rings. The minimum absolute atomic E-state index is 0.150. The van der Waals surface area contributed by atoms with Gasteiger partial charge >= 0.3 is 0 Å². The van der Waals surface area contributed by atoms with Gasteiger partial charge in [0.2, 0.25) is 0 Å². The molecule has 0 radical (unpaired) electrons. The van der Waals surface area contributed by atoms with E-state index < -0.39 is 0 Å². The van der Waals surface area contributed by atoms with E-state index in [1.54, 1.807) is 12.1 Å².